The van der Waals surface area contributed by atoms with Gasteiger partial charge in [0.05, 0.1) is 54.2 Å². The molecular weight excluding hydrogens is 528 g/mol. The predicted molar refractivity (Wildman–Crippen MR) is 131 cm³/mol. The van der Waals surface area contributed by atoms with Crippen LogP contribution < -0.4 is 0 Å². The van der Waals surface area contributed by atoms with E-state index in [4.69, 9.17) is 23.7 Å². The Labute approximate surface area is 228 Å². The molecule has 1 aromatic rings. The Hall–Kier alpha value is -2.87. The Balaban J connectivity index is 1.34. The zero-order chi connectivity index (χ0) is 28.4. The van der Waals surface area contributed by atoms with E-state index in [9.17, 15) is 34.8 Å². The number of aliphatic hydroxyl groups is 2. The van der Waals surface area contributed by atoms with E-state index in [1.165, 1.54) is 0 Å². The first-order valence-corrected chi connectivity index (χ1v) is 13.6. The van der Waals surface area contributed by atoms with Gasteiger partial charge in [-0.15, -0.1) is 0 Å². The number of ether oxygens (including phenoxy) is 5. The Morgan fingerprint density at radius 1 is 0.925 bits per heavy atom. The molecule has 8 rings (SSSR count). The van der Waals surface area contributed by atoms with Crippen LogP contribution in [0.4, 0.5) is 0 Å². The van der Waals surface area contributed by atoms with E-state index >= 15 is 0 Å². The number of fused-ring (bicyclic) bond motifs is 6. The van der Waals surface area contributed by atoms with Crippen LogP contribution in [-0.4, -0.2) is 86.5 Å². The molecule has 2 aliphatic carbocycles. The van der Waals surface area contributed by atoms with Crippen molar-refractivity contribution in [1.82, 2.24) is 0 Å². The smallest absolute Gasteiger partial charge is 0.309 e. The third kappa shape index (κ3) is 3.25. The van der Waals surface area contributed by atoms with Crippen LogP contribution in [0.15, 0.2) is 11.1 Å². The molecule has 0 unspecified atom stereocenters. The van der Waals surface area contributed by atoms with Crippen molar-refractivity contribution in [3.05, 3.63) is 33.4 Å². The maximum absolute atomic E-state index is 14.2. The minimum atomic E-state index is -2.07. The molecule has 0 aromatic heterocycles. The van der Waals surface area contributed by atoms with Crippen LogP contribution in [0.5, 0.6) is 11.5 Å². The molecule has 4 N–H and O–H groups in total. The van der Waals surface area contributed by atoms with Gasteiger partial charge in [0.25, 0.3) is 0 Å². The van der Waals surface area contributed by atoms with Crippen molar-refractivity contribution in [2.45, 2.75) is 107 Å². The first kappa shape index (κ1) is 26.1. The second-order valence-corrected chi connectivity index (χ2v) is 11.5. The van der Waals surface area contributed by atoms with Crippen LogP contribution in [0.3, 0.4) is 0 Å². The number of Topliss-reactive ketones (excluding diaryl/α,β-unsaturated/α-hetero) is 2. The topological polar surface area (TPSA) is 178 Å². The fourth-order valence-corrected chi connectivity index (χ4v) is 7.31. The summed E-state index contributed by atoms with van der Waals surface area (Å²) in [4.78, 5) is 40.2. The molecule has 10 atom stereocenters. The minimum absolute atomic E-state index is 0.0374. The quantitative estimate of drug-likeness (QED) is 0.303. The average Bonchev–Trinajstić information content (AvgIpc) is 3.26. The number of ketones is 2. The number of hydrogen-bond acceptors (Lipinski definition) is 12. The number of esters is 1. The van der Waals surface area contributed by atoms with Gasteiger partial charge in [-0.1, -0.05) is 0 Å². The fraction of sp³-hybridized carbons (Fsp3) is 0.607. The van der Waals surface area contributed by atoms with Gasteiger partial charge in [0.1, 0.15) is 23.2 Å². The van der Waals surface area contributed by atoms with Crippen LogP contribution in [-0.2, 0) is 28.5 Å². The average molecular weight is 559 g/mol. The number of benzene rings is 1. The van der Waals surface area contributed by atoms with Crippen LogP contribution >= 0.6 is 0 Å². The highest BCUT2D eigenvalue weighted by Gasteiger charge is 2.64. The monoisotopic (exact) mass is 558 g/mol. The molecule has 12 heteroatoms. The third-order valence-corrected chi connectivity index (χ3v) is 9.31. The van der Waals surface area contributed by atoms with E-state index in [1.54, 1.807) is 20.8 Å². The van der Waals surface area contributed by atoms with Crippen molar-refractivity contribution < 1.29 is 58.5 Å². The number of phenols is 2. The molecule has 1 aromatic carbocycles. The minimum Gasteiger partial charge on any atom is -0.507 e. The maximum atomic E-state index is 14.2. The first-order chi connectivity index (χ1) is 18.9. The lowest BCUT2D eigenvalue weighted by molar-refractivity contribution is -0.291. The Morgan fingerprint density at radius 2 is 1.62 bits per heavy atom. The maximum Gasteiger partial charge on any atom is 0.309 e. The van der Waals surface area contributed by atoms with Gasteiger partial charge in [-0.25, -0.2) is 0 Å². The van der Waals surface area contributed by atoms with Crippen molar-refractivity contribution in [2.24, 2.45) is 0 Å². The van der Waals surface area contributed by atoms with Crippen molar-refractivity contribution >= 4 is 17.5 Å². The molecular formula is C28H30O12. The summed E-state index contributed by atoms with van der Waals surface area (Å²) in [6.07, 6.45) is -6.58. The summed E-state index contributed by atoms with van der Waals surface area (Å²) < 4.78 is 29.1. The predicted octanol–water partition coefficient (Wildman–Crippen LogP) is 1.41. The number of aliphatic hydroxyl groups excluding tert-OH is 1. The van der Waals surface area contributed by atoms with Crippen molar-refractivity contribution in [3.8, 4) is 11.5 Å². The summed E-state index contributed by atoms with van der Waals surface area (Å²) in [5, 5.41) is 44.9. The lowest BCUT2D eigenvalue weighted by Gasteiger charge is -2.54. The Morgan fingerprint density at radius 3 is 2.35 bits per heavy atom. The highest BCUT2D eigenvalue weighted by molar-refractivity contribution is 6.30. The zero-order valence-electron chi connectivity index (χ0n) is 22.1. The second-order valence-electron chi connectivity index (χ2n) is 11.5. The fourth-order valence-electron chi connectivity index (χ4n) is 7.31. The van der Waals surface area contributed by atoms with E-state index in [-0.39, 0.29) is 35.1 Å². The zero-order valence-corrected chi connectivity index (χ0v) is 22.1. The second kappa shape index (κ2) is 8.57. The van der Waals surface area contributed by atoms with Gasteiger partial charge in [0.2, 0.25) is 0 Å². The number of carbonyl (C=O) groups is 3. The third-order valence-electron chi connectivity index (χ3n) is 9.31. The molecule has 214 valence electrons. The summed E-state index contributed by atoms with van der Waals surface area (Å²) in [7, 11) is 0. The molecule has 3 saturated heterocycles. The normalized spacial score (nSPS) is 41.8. The van der Waals surface area contributed by atoms with Crippen LogP contribution in [0.1, 0.15) is 90.5 Å². The van der Waals surface area contributed by atoms with Gasteiger partial charge in [-0.3, -0.25) is 14.4 Å². The van der Waals surface area contributed by atoms with Crippen LogP contribution in [0, 0.1) is 0 Å². The van der Waals surface area contributed by atoms with Crippen LogP contribution in [0.25, 0.3) is 0 Å². The molecule has 7 aliphatic rings. The Kier molecular flexibility index (Phi) is 5.58. The molecule has 3 fully saturated rings. The van der Waals surface area contributed by atoms with Gasteiger partial charge in [0, 0.05) is 35.1 Å². The van der Waals surface area contributed by atoms with E-state index < -0.39 is 101 Å². The van der Waals surface area contributed by atoms with E-state index in [2.05, 4.69) is 0 Å². The summed E-state index contributed by atoms with van der Waals surface area (Å²) >= 11 is 0. The molecule has 0 spiro atoms. The van der Waals surface area contributed by atoms with Gasteiger partial charge in [-0.05, 0) is 27.2 Å². The number of carbonyl (C=O) groups excluding carboxylic acids is 3. The van der Waals surface area contributed by atoms with Gasteiger partial charge in [-0.2, -0.15) is 0 Å². The van der Waals surface area contributed by atoms with Crippen molar-refractivity contribution in [2.75, 3.05) is 0 Å². The van der Waals surface area contributed by atoms with E-state index in [0.29, 0.717) is 12.8 Å². The summed E-state index contributed by atoms with van der Waals surface area (Å²) in [6.45, 7) is 4.88. The lowest BCUT2D eigenvalue weighted by Crippen LogP contribution is -2.67. The summed E-state index contributed by atoms with van der Waals surface area (Å²) in [5.41, 5.74) is -3.18. The van der Waals surface area contributed by atoms with Crippen LogP contribution in [0.2, 0.25) is 0 Å². The van der Waals surface area contributed by atoms with Gasteiger partial charge >= 0.3 is 5.97 Å². The first-order valence-electron chi connectivity index (χ1n) is 13.6. The highest BCUT2D eigenvalue weighted by Crippen LogP contribution is 2.57. The number of rotatable bonds is 2. The van der Waals surface area contributed by atoms with Gasteiger partial charge < -0.3 is 44.1 Å². The number of hydrogen-bond donors (Lipinski definition) is 4. The molecule has 5 heterocycles. The molecule has 0 saturated carbocycles. The number of phenolic OH excluding ortho intramolecular Hbond substituents is 2. The number of aromatic hydroxyl groups is 2. The standard InChI is InChI=1S/C28H30O12/c1-8-11(29)4-5-16(37-8)39-14-6-12-18-22(28(14,35)10(3)38-12)26(34)20-19(24(18)32)25(33)21-17(23(20)31)9(2)36-13-7-15(30)40-27(13)21/h8-14,16,27,29,31,33,35H,4-7H2,1-3H3/t8-,9-,10-,11-,12-,13-,14-,16-,27-,28+/m0/s1. The molecule has 12 nitrogen and oxygen atoms in total. The molecule has 40 heavy (non-hydrogen) atoms. The molecule has 2 bridgehead atoms. The molecule has 5 aliphatic heterocycles. The largest absolute Gasteiger partial charge is 0.507 e. The van der Waals surface area contributed by atoms with Gasteiger partial charge in [0.15, 0.2) is 24.0 Å². The lowest BCUT2D eigenvalue weighted by atomic mass is 9.63. The SMILES string of the molecule is C[C@@H]1O[C@H]2CC(=O)O[C@@H]2c2c(O)c3c(c(O)c21)C(=O)C1=C(C3=O)[C@@H]2C[C@H](O[C@H]3CC[C@H](O)[C@H](C)O3)[C@]1(O)[C@H](C)O2. The van der Waals surface area contributed by atoms with E-state index in [1.807, 2.05) is 0 Å². The van der Waals surface area contributed by atoms with E-state index in [0.717, 1.165) is 0 Å². The Bertz CT molecular complexity index is 1400. The van der Waals surface area contributed by atoms with Crippen molar-refractivity contribution in [3.63, 3.8) is 0 Å². The molecule has 0 radical (unpaired) electrons. The summed E-state index contributed by atoms with van der Waals surface area (Å²) in [6, 6.07) is 0. The molecule has 0 amide bonds. The summed E-state index contributed by atoms with van der Waals surface area (Å²) in [5.74, 6) is -3.28. The highest BCUT2D eigenvalue weighted by atomic mass is 16.7. The van der Waals surface area contributed by atoms with Crippen molar-refractivity contribution in [1.29, 1.82) is 0 Å².